The molecule has 3 unspecified atom stereocenters. The number of hydrogen-bond acceptors (Lipinski definition) is 3. The van der Waals surface area contributed by atoms with Gasteiger partial charge in [0.05, 0.1) is 6.10 Å². The Kier molecular flexibility index (Phi) is 4.83. The van der Waals surface area contributed by atoms with E-state index in [1.807, 2.05) is 0 Å². The molecule has 1 saturated heterocycles. The van der Waals surface area contributed by atoms with E-state index >= 15 is 0 Å². The van der Waals surface area contributed by atoms with Crippen LogP contribution in [-0.2, 0) is 0 Å². The van der Waals surface area contributed by atoms with Gasteiger partial charge in [-0.1, -0.05) is 12.8 Å². The summed E-state index contributed by atoms with van der Waals surface area (Å²) in [7, 11) is 0. The topological polar surface area (TPSA) is 35.5 Å². The van der Waals surface area contributed by atoms with Crippen molar-refractivity contribution in [3.63, 3.8) is 0 Å². The Morgan fingerprint density at radius 3 is 2.53 bits per heavy atom. The number of aliphatic hydroxyl groups is 1. The van der Waals surface area contributed by atoms with Crippen molar-refractivity contribution in [2.45, 2.75) is 76.6 Å². The Hall–Kier alpha value is -0.120. The van der Waals surface area contributed by atoms with Crippen molar-refractivity contribution < 1.29 is 5.11 Å². The number of nitrogens with zero attached hydrogens (tertiary/aromatic N) is 1. The Bertz CT molecular complexity index is 226. The average molecular weight is 240 g/mol. The van der Waals surface area contributed by atoms with E-state index in [0.29, 0.717) is 18.1 Å². The summed E-state index contributed by atoms with van der Waals surface area (Å²) in [4.78, 5) is 2.53. The molecular weight excluding hydrogens is 212 g/mol. The van der Waals surface area contributed by atoms with Gasteiger partial charge in [0.2, 0.25) is 0 Å². The zero-order valence-corrected chi connectivity index (χ0v) is 11.4. The zero-order chi connectivity index (χ0) is 12.3. The van der Waals surface area contributed by atoms with Crippen molar-refractivity contribution in [1.82, 2.24) is 10.2 Å². The molecule has 2 aliphatic rings. The second kappa shape index (κ2) is 6.17. The van der Waals surface area contributed by atoms with Crippen molar-refractivity contribution >= 4 is 0 Å². The van der Waals surface area contributed by atoms with Crippen LogP contribution in [0.15, 0.2) is 0 Å². The van der Waals surface area contributed by atoms with Crippen LogP contribution in [0.1, 0.15) is 52.4 Å². The van der Waals surface area contributed by atoms with Crippen molar-refractivity contribution in [3.8, 4) is 0 Å². The van der Waals surface area contributed by atoms with Crippen LogP contribution in [0.3, 0.4) is 0 Å². The van der Waals surface area contributed by atoms with Gasteiger partial charge < -0.3 is 10.4 Å². The van der Waals surface area contributed by atoms with Crippen LogP contribution in [0.4, 0.5) is 0 Å². The van der Waals surface area contributed by atoms with E-state index in [-0.39, 0.29) is 6.10 Å². The Morgan fingerprint density at radius 2 is 1.94 bits per heavy atom. The van der Waals surface area contributed by atoms with Gasteiger partial charge in [0.15, 0.2) is 0 Å². The molecule has 2 rings (SSSR count). The lowest BCUT2D eigenvalue weighted by Gasteiger charge is -2.41. The van der Waals surface area contributed by atoms with Gasteiger partial charge in [0.1, 0.15) is 0 Å². The molecule has 0 radical (unpaired) electrons. The maximum Gasteiger partial charge on any atom is 0.0695 e. The van der Waals surface area contributed by atoms with Crippen LogP contribution in [-0.4, -0.2) is 47.3 Å². The lowest BCUT2D eigenvalue weighted by atomic mass is 9.90. The summed E-state index contributed by atoms with van der Waals surface area (Å²) in [6.45, 7) is 6.80. The van der Waals surface area contributed by atoms with E-state index in [1.54, 1.807) is 0 Å². The number of nitrogens with one attached hydrogen (secondary N) is 1. The molecule has 100 valence electrons. The minimum absolute atomic E-state index is 0.104. The van der Waals surface area contributed by atoms with Crippen molar-refractivity contribution in [2.75, 3.05) is 13.1 Å². The fourth-order valence-corrected chi connectivity index (χ4v) is 3.37. The van der Waals surface area contributed by atoms with Gasteiger partial charge >= 0.3 is 0 Å². The summed E-state index contributed by atoms with van der Waals surface area (Å²) >= 11 is 0. The molecule has 0 aromatic rings. The number of hydrogen-bond donors (Lipinski definition) is 2. The molecule has 3 nitrogen and oxygen atoms in total. The maximum absolute atomic E-state index is 10.2. The predicted octanol–water partition coefficient (Wildman–Crippen LogP) is 1.75. The predicted molar refractivity (Wildman–Crippen MR) is 71.1 cm³/mol. The van der Waals surface area contributed by atoms with Crippen molar-refractivity contribution in [1.29, 1.82) is 0 Å². The molecule has 0 aromatic heterocycles. The molecule has 0 amide bonds. The van der Waals surface area contributed by atoms with Crippen molar-refractivity contribution in [2.24, 2.45) is 0 Å². The summed E-state index contributed by atoms with van der Waals surface area (Å²) in [5, 5.41) is 13.8. The highest BCUT2D eigenvalue weighted by Crippen LogP contribution is 2.25. The molecular formula is C14H28N2O. The summed E-state index contributed by atoms with van der Waals surface area (Å²) in [6, 6.07) is 1.58. The third kappa shape index (κ3) is 3.43. The Labute approximate surface area is 106 Å². The van der Waals surface area contributed by atoms with Crippen LogP contribution in [0.5, 0.6) is 0 Å². The van der Waals surface area contributed by atoms with E-state index in [2.05, 4.69) is 24.1 Å². The molecule has 3 heteroatoms. The van der Waals surface area contributed by atoms with E-state index in [0.717, 1.165) is 13.0 Å². The highest BCUT2D eigenvalue weighted by molar-refractivity contribution is 4.88. The first-order valence-electron chi connectivity index (χ1n) is 7.35. The summed E-state index contributed by atoms with van der Waals surface area (Å²) in [6.07, 6.45) is 7.15. The van der Waals surface area contributed by atoms with E-state index in [1.165, 1.54) is 38.6 Å². The maximum atomic E-state index is 10.2. The van der Waals surface area contributed by atoms with Gasteiger partial charge in [-0.05, 0) is 46.1 Å². The third-order valence-electron chi connectivity index (χ3n) is 4.38. The monoisotopic (exact) mass is 240 g/mol. The third-order valence-corrected chi connectivity index (χ3v) is 4.38. The molecule has 2 fully saturated rings. The van der Waals surface area contributed by atoms with Gasteiger partial charge in [-0.2, -0.15) is 0 Å². The standard InChI is InChI=1S/C14H28N2O/c1-11(2)16(10-12-6-5-9-15-12)13-7-3-4-8-14(13)17/h11-15,17H,3-10H2,1-2H3. The molecule has 0 spiro atoms. The molecule has 0 aromatic carbocycles. The molecule has 17 heavy (non-hydrogen) atoms. The minimum atomic E-state index is -0.104. The quantitative estimate of drug-likeness (QED) is 0.786. The highest BCUT2D eigenvalue weighted by Gasteiger charge is 2.32. The second-order valence-corrected chi connectivity index (χ2v) is 6.00. The highest BCUT2D eigenvalue weighted by atomic mass is 16.3. The first kappa shape index (κ1) is 13.3. The smallest absolute Gasteiger partial charge is 0.0695 e. The van der Waals surface area contributed by atoms with Gasteiger partial charge in [-0.15, -0.1) is 0 Å². The summed E-state index contributed by atoms with van der Waals surface area (Å²) in [5.41, 5.74) is 0. The first-order chi connectivity index (χ1) is 8.18. The minimum Gasteiger partial charge on any atom is -0.391 e. The van der Waals surface area contributed by atoms with Gasteiger partial charge in [0, 0.05) is 24.7 Å². The Balaban J connectivity index is 1.94. The Morgan fingerprint density at radius 1 is 1.18 bits per heavy atom. The zero-order valence-electron chi connectivity index (χ0n) is 11.4. The normalized spacial score (nSPS) is 34.8. The lowest BCUT2D eigenvalue weighted by Crippen LogP contribution is -2.52. The fraction of sp³-hybridized carbons (Fsp3) is 1.00. The van der Waals surface area contributed by atoms with E-state index in [9.17, 15) is 5.11 Å². The average Bonchev–Trinajstić information content (AvgIpc) is 2.79. The second-order valence-electron chi connectivity index (χ2n) is 6.00. The molecule has 1 aliphatic carbocycles. The SMILES string of the molecule is CC(C)N(CC1CCCN1)C1CCCCC1O. The van der Waals surface area contributed by atoms with E-state index < -0.39 is 0 Å². The molecule has 1 aliphatic heterocycles. The fourth-order valence-electron chi connectivity index (χ4n) is 3.37. The van der Waals surface area contributed by atoms with Gasteiger partial charge in [0.25, 0.3) is 0 Å². The van der Waals surface area contributed by atoms with Crippen LogP contribution in [0.2, 0.25) is 0 Å². The van der Waals surface area contributed by atoms with E-state index in [4.69, 9.17) is 0 Å². The lowest BCUT2D eigenvalue weighted by molar-refractivity contribution is 0.00125. The number of rotatable bonds is 4. The van der Waals surface area contributed by atoms with Crippen LogP contribution < -0.4 is 5.32 Å². The molecule has 3 atom stereocenters. The first-order valence-corrected chi connectivity index (χ1v) is 7.35. The summed E-state index contributed by atoms with van der Waals surface area (Å²) < 4.78 is 0. The largest absolute Gasteiger partial charge is 0.391 e. The molecule has 1 heterocycles. The van der Waals surface area contributed by atoms with Crippen LogP contribution >= 0.6 is 0 Å². The van der Waals surface area contributed by atoms with Gasteiger partial charge in [-0.25, -0.2) is 0 Å². The molecule has 1 saturated carbocycles. The van der Waals surface area contributed by atoms with Crippen molar-refractivity contribution in [3.05, 3.63) is 0 Å². The summed E-state index contributed by atoms with van der Waals surface area (Å²) in [5.74, 6) is 0. The van der Waals surface area contributed by atoms with Gasteiger partial charge in [-0.3, -0.25) is 4.90 Å². The number of aliphatic hydroxyl groups excluding tert-OH is 1. The van der Waals surface area contributed by atoms with Crippen LogP contribution in [0, 0.1) is 0 Å². The molecule has 2 N–H and O–H groups in total. The van der Waals surface area contributed by atoms with Crippen LogP contribution in [0.25, 0.3) is 0 Å². The molecule has 0 bridgehead atoms.